The fraction of sp³-hybridized carbons (Fsp3) is 0.312. The van der Waals surface area contributed by atoms with Crippen LogP contribution < -0.4 is 5.32 Å². The minimum absolute atomic E-state index is 0.0527. The quantitative estimate of drug-likeness (QED) is 0.916. The molecule has 3 rings (SSSR count). The maximum atomic E-state index is 13.0. The summed E-state index contributed by atoms with van der Waals surface area (Å²) in [5.41, 5.74) is 1.69. The molecule has 0 unspecified atom stereocenters. The van der Waals surface area contributed by atoms with Crippen LogP contribution in [0.1, 0.15) is 28.8 Å². The molecule has 0 aliphatic heterocycles. The number of benzene rings is 1. The van der Waals surface area contributed by atoms with Crippen LogP contribution in [0.25, 0.3) is 0 Å². The van der Waals surface area contributed by atoms with Crippen molar-refractivity contribution < 1.29 is 9.18 Å². The zero-order valence-corrected chi connectivity index (χ0v) is 12.1. The molecule has 0 radical (unpaired) electrons. The van der Waals surface area contributed by atoms with Crippen LogP contribution in [0.2, 0.25) is 0 Å². The van der Waals surface area contributed by atoms with Gasteiger partial charge in [-0.2, -0.15) is 0 Å². The van der Waals surface area contributed by atoms with E-state index in [4.69, 9.17) is 0 Å². The SMILES string of the molecule is Cc1ccsc1CNC(=O)C1(c2ccc(F)cc2)CC1. The Hall–Kier alpha value is -1.68. The van der Waals surface area contributed by atoms with E-state index in [0.29, 0.717) is 6.54 Å². The highest BCUT2D eigenvalue weighted by Crippen LogP contribution is 2.48. The second kappa shape index (κ2) is 5.02. The molecular weight excluding hydrogens is 273 g/mol. The Labute approximate surface area is 121 Å². The maximum Gasteiger partial charge on any atom is 0.230 e. The number of hydrogen-bond acceptors (Lipinski definition) is 2. The van der Waals surface area contributed by atoms with Gasteiger partial charge in [0.05, 0.1) is 12.0 Å². The Morgan fingerprint density at radius 3 is 2.55 bits per heavy atom. The molecule has 1 amide bonds. The number of thiophene rings is 1. The van der Waals surface area contributed by atoms with Gasteiger partial charge in [-0.3, -0.25) is 4.79 Å². The van der Waals surface area contributed by atoms with Crippen LogP contribution in [0.3, 0.4) is 0 Å². The lowest BCUT2D eigenvalue weighted by atomic mass is 9.95. The molecule has 2 nitrogen and oxygen atoms in total. The van der Waals surface area contributed by atoms with Crippen molar-refractivity contribution in [1.82, 2.24) is 5.32 Å². The van der Waals surface area contributed by atoms with E-state index in [1.165, 1.54) is 22.6 Å². The molecule has 1 aliphatic rings. The predicted octanol–water partition coefficient (Wildman–Crippen LogP) is 3.54. The zero-order chi connectivity index (χ0) is 14.2. The molecule has 1 N–H and O–H groups in total. The van der Waals surface area contributed by atoms with Gasteiger partial charge in [0.25, 0.3) is 0 Å². The Morgan fingerprint density at radius 1 is 1.30 bits per heavy atom. The Morgan fingerprint density at radius 2 is 2.00 bits per heavy atom. The monoisotopic (exact) mass is 289 g/mol. The maximum absolute atomic E-state index is 13.0. The standard InChI is InChI=1S/C16H16FNOS/c1-11-6-9-20-14(11)10-18-15(19)16(7-8-16)12-2-4-13(17)5-3-12/h2-6,9H,7-8,10H2,1H3,(H,18,19). The minimum Gasteiger partial charge on any atom is -0.350 e. The molecule has 2 aromatic rings. The highest BCUT2D eigenvalue weighted by molar-refractivity contribution is 7.10. The molecule has 4 heteroatoms. The van der Waals surface area contributed by atoms with Crippen LogP contribution in [0.4, 0.5) is 4.39 Å². The molecule has 1 aliphatic carbocycles. The number of nitrogens with one attached hydrogen (secondary N) is 1. The fourth-order valence-electron chi connectivity index (χ4n) is 2.46. The van der Waals surface area contributed by atoms with E-state index in [1.807, 2.05) is 12.3 Å². The van der Waals surface area contributed by atoms with Gasteiger partial charge in [-0.15, -0.1) is 11.3 Å². The van der Waals surface area contributed by atoms with Crippen LogP contribution in [0.5, 0.6) is 0 Å². The predicted molar refractivity (Wildman–Crippen MR) is 78.2 cm³/mol. The first kappa shape index (κ1) is 13.3. The first-order valence-electron chi connectivity index (χ1n) is 6.69. The third kappa shape index (κ3) is 2.36. The number of aryl methyl sites for hydroxylation is 1. The molecule has 20 heavy (non-hydrogen) atoms. The topological polar surface area (TPSA) is 29.1 Å². The average Bonchev–Trinajstić information content (AvgIpc) is 3.15. The number of amides is 1. The summed E-state index contributed by atoms with van der Waals surface area (Å²) in [7, 11) is 0. The van der Waals surface area contributed by atoms with Crippen molar-refractivity contribution in [2.24, 2.45) is 0 Å². The number of carbonyl (C=O) groups is 1. The van der Waals surface area contributed by atoms with Gasteiger partial charge in [-0.1, -0.05) is 12.1 Å². The minimum atomic E-state index is -0.432. The van der Waals surface area contributed by atoms with Gasteiger partial charge in [-0.25, -0.2) is 4.39 Å². The van der Waals surface area contributed by atoms with Crippen molar-refractivity contribution >= 4 is 17.2 Å². The summed E-state index contributed by atoms with van der Waals surface area (Å²) < 4.78 is 13.0. The van der Waals surface area contributed by atoms with Crippen LogP contribution in [-0.2, 0) is 16.8 Å². The molecule has 104 valence electrons. The lowest BCUT2D eigenvalue weighted by Crippen LogP contribution is -2.34. The Kier molecular flexibility index (Phi) is 3.34. The van der Waals surface area contributed by atoms with Crippen LogP contribution in [0, 0.1) is 12.7 Å². The van der Waals surface area contributed by atoms with Crippen LogP contribution in [0.15, 0.2) is 35.7 Å². The summed E-state index contributed by atoms with van der Waals surface area (Å²) in [4.78, 5) is 13.6. The number of hydrogen-bond donors (Lipinski definition) is 1. The molecular formula is C16H16FNOS. The van der Waals surface area contributed by atoms with Gasteiger partial charge >= 0.3 is 0 Å². The van der Waals surface area contributed by atoms with Gasteiger partial charge in [0.15, 0.2) is 0 Å². The lowest BCUT2D eigenvalue weighted by molar-refractivity contribution is -0.123. The van der Waals surface area contributed by atoms with Crippen LogP contribution >= 0.6 is 11.3 Å². The number of halogens is 1. The van der Waals surface area contributed by atoms with Gasteiger partial charge in [-0.05, 0) is 54.5 Å². The van der Waals surface area contributed by atoms with Crippen molar-refractivity contribution in [3.8, 4) is 0 Å². The highest BCUT2D eigenvalue weighted by atomic mass is 32.1. The number of carbonyl (C=O) groups excluding carboxylic acids is 1. The van der Waals surface area contributed by atoms with Crippen molar-refractivity contribution in [3.05, 3.63) is 57.5 Å². The molecule has 1 aromatic heterocycles. The highest BCUT2D eigenvalue weighted by Gasteiger charge is 2.51. The third-order valence-corrected chi connectivity index (χ3v) is 4.98. The zero-order valence-electron chi connectivity index (χ0n) is 11.3. The van der Waals surface area contributed by atoms with Gasteiger partial charge in [0.1, 0.15) is 5.82 Å². The fourth-order valence-corrected chi connectivity index (χ4v) is 3.30. The normalized spacial score (nSPS) is 15.9. The van der Waals surface area contributed by atoms with E-state index in [1.54, 1.807) is 23.5 Å². The molecule has 0 spiro atoms. The van der Waals surface area contributed by atoms with Gasteiger partial charge in [0, 0.05) is 4.88 Å². The molecule has 1 aromatic carbocycles. The van der Waals surface area contributed by atoms with Crippen molar-refractivity contribution in [2.75, 3.05) is 0 Å². The van der Waals surface area contributed by atoms with E-state index < -0.39 is 5.41 Å². The van der Waals surface area contributed by atoms with E-state index in [0.717, 1.165) is 18.4 Å². The lowest BCUT2D eigenvalue weighted by Gasteiger charge is -2.15. The summed E-state index contributed by atoms with van der Waals surface area (Å²) >= 11 is 1.66. The van der Waals surface area contributed by atoms with Gasteiger partial charge < -0.3 is 5.32 Å². The van der Waals surface area contributed by atoms with E-state index in [2.05, 4.69) is 11.4 Å². The van der Waals surface area contributed by atoms with E-state index >= 15 is 0 Å². The first-order chi connectivity index (χ1) is 9.62. The van der Waals surface area contributed by atoms with Gasteiger partial charge in [0.2, 0.25) is 5.91 Å². The van der Waals surface area contributed by atoms with Crippen molar-refractivity contribution in [3.63, 3.8) is 0 Å². The summed E-state index contributed by atoms with van der Waals surface area (Å²) in [6.07, 6.45) is 1.68. The molecule has 1 saturated carbocycles. The van der Waals surface area contributed by atoms with Crippen LogP contribution in [-0.4, -0.2) is 5.91 Å². The molecule has 1 fully saturated rings. The second-order valence-corrected chi connectivity index (χ2v) is 6.30. The van der Waals surface area contributed by atoms with Crippen molar-refractivity contribution in [2.45, 2.75) is 31.7 Å². The molecule has 1 heterocycles. The van der Waals surface area contributed by atoms with Crippen molar-refractivity contribution in [1.29, 1.82) is 0 Å². The van der Waals surface area contributed by atoms with E-state index in [-0.39, 0.29) is 11.7 Å². The Bertz CT molecular complexity index is 628. The summed E-state index contributed by atoms with van der Waals surface area (Å²) in [6.45, 7) is 2.62. The van der Waals surface area contributed by atoms with E-state index in [9.17, 15) is 9.18 Å². The largest absolute Gasteiger partial charge is 0.350 e. The average molecular weight is 289 g/mol. The second-order valence-electron chi connectivity index (χ2n) is 5.30. The number of rotatable bonds is 4. The molecule has 0 saturated heterocycles. The third-order valence-electron chi connectivity index (χ3n) is 3.96. The Balaban J connectivity index is 1.70. The summed E-state index contributed by atoms with van der Waals surface area (Å²) in [5, 5.41) is 5.05. The smallest absolute Gasteiger partial charge is 0.230 e. The molecule has 0 atom stereocenters. The summed E-state index contributed by atoms with van der Waals surface area (Å²) in [6, 6.07) is 8.34. The molecule has 0 bridgehead atoms. The summed E-state index contributed by atoms with van der Waals surface area (Å²) in [5.74, 6) is -0.212. The first-order valence-corrected chi connectivity index (χ1v) is 7.57.